The molecule has 0 aliphatic heterocycles. The minimum Gasteiger partial charge on any atom is -0.507 e. The molecule has 0 fully saturated rings. The molecule has 2 aromatic carbocycles. The summed E-state index contributed by atoms with van der Waals surface area (Å²) >= 11 is 0. The summed E-state index contributed by atoms with van der Waals surface area (Å²) in [5, 5.41) is 21.7. The molecular weight excluding hydrogens is 308 g/mol. The fourth-order valence-electron chi connectivity index (χ4n) is 3.34. The van der Waals surface area contributed by atoms with Crippen LogP contribution in [0.5, 0.6) is 11.5 Å². The Kier molecular flexibility index (Phi) is 5.04. The van der Waals surface area contributed by atoms with E-state index in [4.69, 9.17) is 0 Å². The van der Waals surface area contributed by atoms with Crippen LogP contribution in [0, 0.1) is 13.8 Å². The first-order valence-electron chi connectivity index (χ1n) is 8.76. The highest BCUT2D eigenvalue weighted by atomic mass is 16.3. The molecule has 2 nitrogen and oxygen atoms in total. The molecule has 0 spiro atoms. The van der Waals surface area contributed by atoms with Gasteiger partial charge in [-0.15, -0.1) is 0 Å². The van der Waals surface area contributed by atoms with Crippen LogP contribution in [0.2, 0.25) is 0 Å². The Labute approximate surface area is 151 Å². The van der Waals surface area contributed by atoms with Crippen molar-refractivity contribution in [1.82, 2.24) is 0 Å². The average Bonchev–Trinajstić information content (AvgIpc) is 2.49. The number of hydrogen-bond acceptors (Lipinski definition) is 2. The summed E-state index contributed by atoms with van der Waals surface area (Å²) in [5.41, 5.74) is 6.22. The molecule has 0 aromatic heterocycles. The van der Waals surface area contributed by atoms with E-state index >= 15 is 0 Å². The molecule has 2 heteroatoms. The number of benzene rings is 2. The number of aromatic hydroxyl groups is 2. The second kappa shape index (κ2) is 6.59. The van der Waals surface area contributed by atoms with Crippen molar-refractivity contribution in [3.63, 3.8) is 0 Å². The van der Waals surface area contributed by atoms with E-state index in [0.29, 0.717) is 5.75 Å². The van der Waals surface area contributed by atoms with Gasteiger partial charge in [-0.05, 0) is 49.0 Å². The summed E-state index contributed by atoms with van der Waals surface area (Å²) in [6.07, 6.45) is 0. The Morgan fingerprint density at radius 2 is 1.40 bits per heavy atom. The van der Waals surface area contributed by atoms with Crippen molar-refractivity contribution in [3.05, 3.63) is 64.2 Å². The molecule has 0 amide bonds. The van der Waals surface area contributed by atoms with Gasteiger partial charge < -0.3 is 10.2 Å². The summed E-state index contributed by atoms with van der Waals surface area (Å²) in [5.74, 6) is 0.450. The van der Waals surface area contributed by atoms with Crippen molar-refractivity contribution in [2.24, 2.45) is 0 Å². The van der Waals surface area contributed by atoms with Gasteiger partial charge in [0.25, 0.3) is 0 Å². The summed E-state index contributed by atoms with van der Waals surface area (Å²) < 4.78 is 0. The van der Waals surface area contributed by atoms with Crippen LogP contribution in [0.3, 0.4) is 0 Å². The van der Waals surface area contributed by atoms with Gasteiger partial charge in [-0.1, -0.05) is 58.0 Å². The number of aryl methyl sites for hydroxylation is 2. The second-order valence-corrected chi connectivity index (χ2v) is 8.25. The van der Waals surface area contributed by atoms with E-state index in [1.165, 1.54) is 0 Å². The quantitative estimate of drug-likeness (QED) is 0.700. The molecule has 1 atom stereocenters. The Hall–Kier alpha value is -2.22. The molecule has 0 bridgehead atoms. The normalized spacial score (nSPS) is 12.9. The monoisotopic (exact) mass is 338 g/mol. The van der Waals surface area contributed by atoms with Crippen molar-refractivity contribution in [2.75, 3.05) is 0 Å². The molecule has 0 saturated carbocycles. The van der Waals surface area contributed by atoms with E-state index in [2.05, 4.69) is 27.4 Å². The molecule has 25 heavy (non-hydrogen) atoms. The maximum Gasteiger partial charge on any atom is 0.126 e. The zero-order chi connectivity index (χ0) is 19.1. The maximum absolute atomic E-state index is 10.9. The number of hydrogen-bond donors (Lipinski definition) is 2. The standard InChI is InChI=1S/C23H30O2/c1-13(2)17-9-14(3)10-18(21(17)24)16(5)19-11-15(4)12-20(22(19)25)23(6,7)8/h9-12,16,24-25H,1H2,2-8H3. The van der Waals surface area contributed by atoms with E-state index in [1.807, 2.05) is 52.0 Å². The lowest BCUT2D eigenvalue weighted by atomic mass is 9.80. The molecule has 0 radical (unpaired) electrons. The van der Waals surface area contributed by atoms with Gasteiger partial charge >= 0.3 is 0 Å². The van der Waals surface area contributed by atoms with Gasteiger partial charge in [0.1, 0.15) is 11.5 Å². The van der Waals surface area contributed by atoms with Crippen molar-refractivity contribution >= 4 is 5.57 Å². The second-order valence-electron chi connectivity index (χ2n) is 8.25. The largest absolute Gasteiger partial charge is 0.507 e. The van der Waals surface area contributed by atoms with Crippen LogP contribution >= 0.6 is 0 Å². The van der Waals surface area contributed by atoms with E-state index in [0.717, 1.165) is 39.0 Å². The summed E-state index contributed by atoms with van der Waals surface area (Å²) in [6.45, 7) is 18.2. The van der Waals surface area contributed by atoms with Crippen LogP contribution < -0.4 is 0 Å². The molecule has 0 heterocycles. The van der Waals surface area contributed by atoms with E-state index in [-0.39, 0.29) is 17.1 Å². The van der Waals surface area contributed by atoms with Crippen LogP contribution in [0.4, 0.5) is 0 Å². The SMILES string of the molecule is C=C(C)c1cc(C)cc(C(C)c2cc(C)cc(C(C)(C)C)c2O)c1O. The van der Waals surface area contributed by atoms with E-state index in [1.54, 1.807) is 0 Å². The van der Waals surface area contributed by atoms with E-state index < -0.39 is 0 Å². The first-order valence-corrected chi connectivity index (χ1v) is 8.76. The Balaban J connectivity index is 2.69. The van der Waals surface area contributed by atoms with Crippen LogP contribution in [0.15, 0.2) is 30.8 Å². The van der Waals surface area contributed by atoms with Gasteiger partial charge in [0, 0.05) is 22.6 Å². The maximum atomic E-state index is 10.9. The number of rotatable bonds is 3. The summed E-state index contributed by atoms with van der Waals surface area (Å²) in [7, 11) is 0. The highest BCUT2D eigenvalue weighted by Crippen LogP contribution is 2.43. The van der Waals surface area contributed by atoms with Crippen LogP contribution in [0.25, 0.3) is 5.57 Å². The third kappa shape index (κ3) is 3.73. The molecule has 2 rings (SSSR count). The fraction of sp³-hybridized carbons (Fsp3) is 0.391. The lowest BCUT2D eigenvalue weighted by Crippen LogP contribution is -2.13. The zero-order valence-corrected chi connectivity index (χ0v) is 16.5. The highest BCUT2D eigenvalue weighted by molar-refractivity contribution is 5.70. The Morgan fingerprint density at radius 1 is 0.920 bits per heavy atom. The molecule has 2 aromatic rings. The molecule has 0 aliphatic carbocycles. The van der Waals surface area contributed by atoms with Gasteiger partial charge in [-0.25, -0.2) is 0 Å². The van der Waals surface area contributed by atoms with Crippen LogP contribution in [-0.2, 0) is 5.41 Å². The molecular formula is C23H30O2. The Morgan fingerprint density at radius 3 is 1.88 bits per heavy atom. The van der Waals surface area contributed by atoms with Crippen molar-refractivity contribution < 1.29 is 10.2 Å². The molecule has 1 unspecified atom stereocenters. The predicted molar refractivity (Wildman–Crippen MR) is 107 cm³/mol. The first kappa shape index (κ1) is 19.1. The number of phenolic OH excluding ortho intramolecular Hbond substituents is 2. The third-order valence-electron chi connectivity index (χ3n) is 4.77. The lowest BCUT2D eigenvalue weighted by molar-refractivity contribution is 0.435. The molecule has 2 N–H and O–H groups in total. The van der Waals surface area contributed by atoms with Gasteiger partial charge in [-0.3, -0.25) is 0 Å². The van der Waals surface area contributed by atoms with Gasteiger partial charge in [0.2, 0.25) is 0 Å². The third-order valence-corrected chi connectivity index (χ3v) is 4.77. The minimum absolute atomic E-state index is 0.126. The Bertz CT molecular complexity index is 823. The van der Waals surface area contributed by atoms with Gasteiger partial charge in [0.05, 0.1) is 0 Å². The fourth-order valence-corrected chi connectivity index (χ4v) is 3.34. The van der Waals surface area contributed by atoms with E-state index in [9.17, 15) is 10.2 Å². The molecule has 134 valence electrons. The minimum atomic E-state index is -0.151. The lowest BCUT2D eigenvalue weighted by Gasteiger charge is -2.25. The van der Waals surface area contributed by atoms with Crippen molar-refractivity contribution in [1.29, 1.82) is 0 Å². The molecule has 0 saturated heterocycles. The smallest absolute Gasteiger partial charge is 0.126 e. The van der Waals surface area contributed by atoms with Crippen molar-refractivity contribution in [3.8, 4) is 11.5 Å². The molecule has 0 aliphatic rings. The van der Waals surface area contributed by atoms with Crippen LogP contribution in [-0.4, -0.2) is 10.2 Å². The zero-order valence-electron chi connectivity index (χ0n) is 16.5. The van der Waals surface area contributed by atoms with Gasteiger partial charge in [-0.2, -0.15) is 0 Å². The first-order chi connectivity index (χ1) is 11.4. The number of phenols is 2. The summed E-state index contributed by atoms with van der Waals surface area (Å²) in [6, 6.07) is 7.99. The average molecular weight is 338 g/mol. The summed E-state index contributed by atoms with van der Waals surface area (Å²) in [4.78, 5) is 0. The predicted octanol–water partition coefficient (Wildman–Crippen LogP) is 6.20. The number of allylic oxidation sites excluding steroid dienone is 1. The van der Waals surface area contributed by atoms with Gasteiger partial charge in [0.15, 0.2) is 0 Å². The van der Waals surface area contributed by atoms with Crippen LogP contribution in [0.1, 0.15) is 73.9 Å². The van der Waals surface area contributed by atoms with Crippen molar-refractivity contribution in [2.45, 2.75) is 59.8 Å². The highest BCUT2D eigenvalue weighted by Gasteiger charge is 2.25. The topological polar surface area (TPSA) is 40.5 Å².